The van der Waals surface area contributed by atoms with E-state index in [-0.39, 0.29) is 5.92 Å². The summed E-state index contributed by atoms with van der Waals surface area (Å²) in [5, 5.41) is 5.02. The maximum atomic E-state index is 13.5. The Morgan fingerprint density at radius 3 is 2.16 bits per heavy atom. The molecule has 0 unspecified atom stereocenters. The van der Waals surface area contributed by atoms with E-state index in [0.717, 1.165) is 68.3 Å². The molecule has 0 bridgehead atoms. The average Bonchev–Trinajstić information content (AvgIpc) is 3.45. The minimum absolute atomic E-state index is 0.0780. The summed E-state index contributed by atoms with van der Waals surface area (Å²) in [7, 11) is 0. The van der Waals surface area contributed by atoms with Gasteiger partial charge < -0.3 is 14.4 Å². The smallest absolute Gasteiger partial charge is 0.226 e. The molecule has 0 spiro atoms. The normalized spacial score (nSPS) is 16.2. The van der Waals surface area contributed by atoms with Crippen LogP contribution in [0.15, 0.2) is 66.7 Å². The highest BCUT2D eigenvalue weighted by molar-refractivity contribution is 5.79. The van der Waals surface area contributed by atoms with Crippen molar-refractivity contribution in [3.63, 3.8) is 0 Å². The Balaban J connectivity index is 1.27. The first-order valence-corrected chi connectivity index (χ1v) is 13.4. The zero-order chi connectivity index (χ0) is 25.5. The first kappa shape index (κ1) is 23.6. The van der Waals surface area contributed by atoms with Crippen LogP contribution in [0.1, 0.15) is 41.1 Å². The summed E-state index contributed by atoms with van der Waals surface area (Å²) in [6, 6.07) is 23.2. The number of rotatable bonds is 4. The Labute approximate surface area is 219 Å². The Bertz CT molecular complexity index is 1410. The third-order valence-electron chi connectivity index (χ3n) is 8.09. The number of aryl methyl sites for hydroxylation is 3. The number of fused-ring (bicyclic) bond motifs is 1. The second-order valence-electron chi connectivity index (χ2n) is 10.5. The number of anilines is 1. The molecule has 1 fully saturated rings. The number of piperidine rings is 1. The van der Waals surface area contributed by atoms with Gasteiger partial charge >= 0.3 is 0 Å². The monoisotopic (exact) mass is 493 g/mol. The molecule has 0 N–H and O–H groups in total. The van der Waals surface area contributed by atoms with Gasteiger partial charge in [0.1, 0.15) is 5.69 Å². The first-order chi connectivity index (χ1) is 18.0. The Kier molecular flexibility index (Phi) is 6.11. The van der Waals surface area contributed by atoms with Crippen molar-refractivity contribution >= 4 is 11.7 Å². The predicted molar refractivity (Wildman–Crippen MR) is 148 cm³/mol. The Morgan fingerprint density at radius 2 is 1.46 bits per heavy atom. The standard InChI is InChI=1S/C31H35N5O/c1-22-13-14-23(2)35(22)29-24(3)32-36(28-11-5-4-6-12-28)30(29)33-18-16-26(17-19-33)31(37)34-20-15-25-9-7-8-10-27(25)21-34/h4-14,26H,15-21H2,1-3H3. The lowest BCUT2D eigenvalue weighted by Crippen LogP contribution is -2.44. The van der Waals surface area contributed by atoms with E-state index in [1.807, 2.05) is 6.07 Å². The number of carbonyl (C=O) groups excluding carboxylic acids is 1. The van der Waals surface area contributed by atoms with Crippen LogP contribution in [0.5, 0.6) is 0 Å². The number of hydrogen-bond donors (Lipinski definition) is 0. The van der Waals surface area contributed by atoms with E-state index in [1.165, 1.54) is 22.5 Å². The second-order valence-corrected chi connectivity index (χ2v) is 10.5. The lowest BCUT2D eigenvalue weighted by molar-refractivity contribution is -0.137. The Morgan fingerprint density at radius 1 is 0.811 bits per heavy atom. The lowest BCUT2D eigenvalue weighted by atomic mass is 9.93. The summed E-state index contributed by atoms with van der Waals surface area (Å²) in [5.41, 5.74) is 8.28. The number of amides is 1. The van der Waals surface area contributed by atoms with Crippen LogP contribution in [0.3, 0.4) is 0 Å². The lowest BCUT2D eigenvalue weighted by Gasteiger charge is -2.37. The largest absolute Gasteiger partial charge is 0.355 e. The zero-order valence-electron chi connectivity index (χ0n) is 22.0. The number of benzene rings is 2. The van der Waals surface area contributed by atoms with Gasteiger partial charge in [-0.15, -0.1) is 0 Å². The first-order valence-electron chi connectivity index (χ1n) is 13.4. The maximum absolute atomic E-state index is 13.5. The third-order valence-corrected chi connectivity index (χ3v) is 8.09. The molecule has 2 aliphatic rings. The number of aromatic nitrogens is 3. The van der Waals surface area contributed by atoms with Crippen LogP contribution in [0, 0.1) is 26.7 Å². The molecule has 6 rings (SSSR count). The van der Waals surface area contributed by atoms with E-state index in [9.17, 15) is 4.79 Å². The van der Waals surface area contributed by atoms with Crippen molar-refractivity contribution in [3.05, 3.63) is 94.9 Å². The van der Waals surface area contributed by atoms with Crippen molar-refractivity contribution in [2.24, 2.45) is 5.92 Å². The molecule has 4 heterocycles. The van der Waals surface area contributed by atoms with Gasteiger partial charge in [-0.25, -0.2) is 4.68 Å². The maximum Gasteiger partial charge on any atom is 0.226 e. The highest BCUT2D eigenvalue weighted by Gasteiger charge is 2.33. The number of carbonyl (C=O) groups is 1. The summed E-state index contributed by atoms with van der Waals surface area (Å²) in [6.07, 6.45) is 2.67. The highest BCUT2D eigenvalue weighted by Crippen LogP contribution is 2.36. The topological polar surface area (TPSA) is 46.3 Å². The molecule has 2 aromatic carbocycles. The van der Waals surface area contributed by atoms with Gasteiger partial charge in [0.15, 0.2) is 5.82 Å². The minimum Gasteiger partial charge on any atom is -0.355 e. The summed E-state index contributed by atoms with van der Waals surface area (Å²) in [6.45, 7) is 9.64. The van der Waals surface area contributed by atoms with Crippen LogP contribution in [0.25, 0.3) is 11.4 Å². The van der Waals surface area contributed by atoms with E-state index in [4.69, 9.17) is 5.10 Å². The van der Waals surface area contributed by atoms with Gasteiger partial charge in [0.05, 0.1) is 11.4 Å². The van der Waals surface area contributed by atoms with Crippen LogP contribution in [0.4, 0.5) is 5.82 Å². The van der Waals surface area contributed by atoms with Crippen LogP contribution in [0.2, 0.25) is 0 Å². The molecule has 190 valence electrons. The summed E-state index contributed by atoms with van der Waals surface area (Å²) in [5.74, 6) is 1.51. The van der Waals surface area contributed by atoms with E-state index in [2.05, 4.69) is 100 Å². The van der Waals surface area contributed by atoms with Crippen molar-refractivity contribution in [3.8, 4) is 11.4 Å². The number of nitrogens with zero attached hydrogens (tertiary/aromatic N) is 5. The molecule has 0 saturated carbocycles. The molecular formula is C31H35N5O. The van der Waals surface area contributed by atoms with Crippen molar-refractivity contribution < 1.29 is 4.79 Å². The molecule has 2 aliphatic heterocycles. The molecule has 4 aromatic rings. The van der Waals surface area contributed by atoms with Crippen LogP contribution >= 0.6 is 0 Å². The Hall–Kier alpha value is -3.80. The average molecular weight is 494 g/mol. The molecule has 37 heavy (non-hydrogen) atoms. The van der Waals surface area contributed by atoms with Crippen LogP contribution < -0.4 is 4.90 Å². The van der Waals surface area contributed by atoms with Gasteiger partial charge in [0.25, 0.3) is 0 Å². The van der Waals surface area contributed by atoms with Gasteiger partial charge in [-0.05, 0) is 75.4 Å². The SMILES string of the molecule is Cc1nn(-c2ccccc2)c(N2CCC(C(=O)N3CCc4ccccc4C3)CC2)c1-n1c(C)ccc1C. The minimum atomic E-state index is 0.0780. The summed E-state index contributed by atoms with van der Waals surface area (Å²) in [4.78, 5) is 18.1. The third kappa shape index (κ3) is 4.24. The van der Waals surface area contributed by atoms with Crippen molar-refractivity contribution in [2.75, 3.05) is 24.5 Å². The van der Waals surface area contributed by atoms with Gasteiger partial charge in [-0.3, -0.25) is 4.79 Å². The van der Waals surface area contributed by atoms with Crippen LogP contribution in [-0.4, -0.2) is 44.8 Å². The second kappa shape index (κ2) is 9.58. The van der Waals surface area contributed by atoms with E-state index in [0.29, 0.717) is 5.91 Å². The quantitative estimate of drug-likeness (QED) is 0.383. The van der Waals surface area contributed by atoms with E-state index < -0.39 is 0 Å². The fourth-order valence-electron chi connectivity index (χ4n) is 6.10. The molecule has 0 atom stereocenters. The molecule has 2 aromatic heterocycles. The molecule has 0 radical (unpaired) electrons. The molecule has 1 amide bonds. The van der Waals surface area contributed by atoms with Gasteiger partial charge in [-0.2, -0.15) is 5.10 Å². The van der Waals surface area contributed by atoms with Gasteiger partial charge in [0, 0.05) is 43.5 Å². The predicted octanol–water partition coefficient (Wildman–Crippen LogP) is 5.39. The molecule has 0 aliphatic carbocycles. The van der Waals surface area contributed by atoms with Gasteiger partial charge in [-0.1, -0.05) is 42.5 Å². The number of para-hydroxylation sites is 1. The fourth-order valence-corrected chi connectivity index (χ4v) is 6.10. The van der Waals surface area contributed by atoms with E-state index in [1.54, 1.807) is 0 Å². The zero-order valence-corrected chi connectivity index (χ0v) is 22.0. The molecule has 6 nitrogen and oxygen atoms in total. The molecule has 6 heteroatoms. The highest BCUT2D eigenvalue weighted by atomic mass is 16.2. The summed E-state index contributed by atoms with van der Waals surface area (Å²) >= 11 is 0. The van der Waals surface area contributed by atoms with Gasteiger partial charge in [0.2, 0.25) is 5.91 Å². The van der Waals surface area contributed by atoms with E-state index >= 15 is 0 Å². The van der Waals surface area contributed by atoms with Crippen molar-refractivity contribution in [1.82, 2.24) is 19.2 Å². The molecular weight excluding hydrogens is 458 g/mol. The molecule has 1 saturated heterocycles. The van der Waals surface area contributed by atoms with Crippen LogP contribution in [-0.2, 0) is 17.8 Å². The fraction of sp³-hybridized carbons (Fsp3) is 0.355. The van der Waals surface area contributed by atoms with Crippen molar-refractivity contribution in [2.45, 2.75) is 46.6 Å². The number of hydrogen-bond acceptors (Lipinski definition) is 3. The summed E-state index contributed by atoms with van der Waals surface area (Å²) < 4.78 is 4.41. The van der Waals surface area contributed by atoms with Crippen molar-refractivity contribution in [1.29, 1.82) is 0 Å².